The van der Waals surface area contributed by atoms with Gasteiger partial charge in [0.15, 0.2) is 0 Å². The van der Waals surface area contributed by atoms with Crippen molar-refractivity contribution in [2.24, 2.45) is 0 Å². The predicted molar refractivity (Wildman–Crippen MR) is 103 cm³/mol. The third-order valence-electron chi connectivity index (χ3n) is 3.90. The molecule has 2 aromatic carbocycles. The number of benzene rings is 2. The first kappa shape index (κ1) is 19.7. The van der Waals surface area contributed by atoms with Crippen LogP contribution in [-0.4, -0.2) is 44.0 Å². The number of carbonyl (C=O) groups is 2. The van der Waals surface area contributed by atoms with Crippen molar-refractivity contribution in [3.05, 3.63) is 65.2 Å². The largest absolute Gasteiger partial charge is 0.492 e. The van der Waals surface area contributed by atoms with Crippen molar-refractivity contribution in [1.29, 1.82) is 0 Å². The van der Waals surface area contributed by atoms with Gasteiger partial charge in [0.2, 0.25) is 0 Å². The maximum atomic E-state index is 12.2. The van der Waals surface area contributed by atoms with E-state index in [1.165, 1.54) is 10.5 Å². The Morgan fingerprint density at radius 3 is 2.15 bits per heavy atom. The number of rotatable bonds is 6. The number of amides is 2. The quantitative estimate of drug-likeness (QED) is 0.810. The molecule has 1 heterocycles. The number of aryl methyl sites for hydroxylation is 1. The van der Waals surface area contributed by atoms with Crippen LogP contribution in [0, 0.1) is 0 Å². The fraction of sp³-hybridized carbons (Fsp3) is 0.333. The molecule has 0 fully saturated rings. The summed E-state index contributed by atoms with van der Waals surface area (Å²) in [7, 11) is 3.75. The average molecular weight is 354 g/mol. The molecule has 0 spiro atoms. The molecule has 0 bridgehead atoms. The van der Waals surface area contributed by atoms with Crippen molar-refractivity contribution in [3.8, 4) is 5.75 Å². The number of carbonyl (C=O) groups excluding carboxylic acids is 2. The number of ether oxygens (including phenoxy) is 1. The lowest BCUT2D eigenvalue weighted by atomic mass is 10.1. The minimum atomic E-state index is -0.242. The van der Waals surface area contributed by atoms with E-state index in [1.807, 2.05) is 32.3 Å². The van der Waals surface area contributed by atoms with E-state index in [1.54, 1.807) is 24.3 Å². The molecule has 3 rings (SSSR count). The highest BCUT2D eigenvalue weighted by molar-refractivity contribution is 6.21. The van der Waals surface area contributed by atoms with Crippen LogP contribution in [0.4, 0.5) is 0 Å². The summed E-state index contributed by atoms with van der Waals surface area (Å²) in [6, 6.07) is 14.8. The fourth-order valence-electron chi connectivity index (χ4n) is 2.78. The summed E-state index contributed by atoms with van der Waals surface area (Å²) in [5, 5.41) is 2.75. The molecule has 1 aliphatic heterocycles. The topological polar surface area (TPSA) is 58.6 Å². The molecule has 0 aromatic heterocycles. The van der Waals surface area contributed by atoms with Crippen molar-refractivity contribution >= 4 is 11.8 Å². The molecule has 2 aromatic rings. The van der Waals surface area contributed by atoms with Gasteiger partial charge in [-0.05, 0) is 50.3 Å². The molecule has 138 valence electrons. The normalized spacial score (nSPS) is 12.5. The first-order valence-corrected chi connectivity index (χ1v) is 8.87. The van der Waals surface area contributed by atoms with Crippen LogP contribution in [0.5, 0.6) is 5.75 Å². The van der Waals surface area contributed by atoms with Crippen LogP contribution in [0.2, 0.25) is 0 Å². The van der Waals surface area contributed by atoms with E-state index >= 15 is 0 Å². The number of nitrogens with one attached hydrogen (secondary N) is 1. The van der Waals surface area contributed by atoms with Gasteiger partial charge < -0.3 is 10.1 Å². The highest BCUT2D eigenvalue weighted by Crippen LogP contribution is 2.22. The van der Waals surface area contributed by atoms with Gasteiger partial charge in [-0.2, -0.15) is 0 Å². The molecule has 0 saturated carbocycles. The maximum absolute atomic E-state index is 12.2. The lowest BCUT2D eigenvalue weighted by Gasteiger charge is -2.14. The Balaban J connectivity index is 0.000000758. The summed E-state index contributed by atoms with van der Waals surface area (Å²) in [6.45, 7) is 2.68. The van der Waals surface area contributed by atoms with Crippen LogP contribution in [0.25, 0.3) is 0 Å². The molecular weight excluding hydrogens is 328 g/mol. The lowest BCUT2D eigenvalue weighted by molar-refractivity contribution is 0.0631. The van der Waals surface area contributed by atoms with Gasteiger partial charge in [0.05, 0.1) is 17.7 Å². The standard InChI is InChI=1S/C19H19NO3.C2H7N/c1-2-6-14-7-5-8-15(13-14)23-12-11-20-18(21)16-9-3-4-10-17(16)19(20)22;1-3-2/h3-5,7-10,13H,2,6,11-12H2,1H3;3H,1-2H3. The average Bonchev–Trinajstić information content (AvgIpc) is 2.88. The van der Waals surface area contributed by atoms with E-state index in [4.69, 9.17) is 4.74 Å². The summed E-state index contributed by atoms with van der Waals surface area (Å²) < 4.78 is 5.70. The molecule has 2 amide bonds. The molecule has 0 atom stereocenters. The molecule has 26 heavy (non-hydrogen) atoms. The molecule has 0 radical (unpaired) electrons. The Morgan fingerprint density at radius 2 is 1.58 bits per heavy atom. The van der Waals surface area contributed by atoms with E-state index in [2.05, 4.69) is 18.3 Å². The van der Waals surface area contributed by atoms with Crippen LogP contribution in [0.3, 0.4) is 0 Å². The van der Waals surface area contributed by atoms with Crippen molar-refractivity contribution in [3.63, 3.8) is 0 Å². The van der Waals surface area contributed by atoms with Gasteiger partial charge in [-0.3, -0.25) is 14.5 Å². The third-order valence-corrected chi connectivity index (χ3v) is 3.90. The van der Waals surface area contributed by atoms with Gasteiger partial charge in [-0.15, -0.1) is 0 Å². The van der Waals surface area contributed by atoms with Gasteiger partial charge >= 0.3 is 0 Å². The molecule has 5 heteroatoms. The monoisotopic (exact) mass is 354 g/mol. The number of fused-ring (bicyclic) bond motifs is 1. The minimum absolute atomic E-state index is 0.242. The second kappa shape index (κ2) is 9.73. The molecule has 1 aliphatic rings. The van der Waals surface area contributed by atoms with E-state index in [-0.39, 0.29) is 18.4 Å². The number of hydrogen-bond donors (Lipinski definition) is 1. The molecule has 0 unspecified atom stereocenters. The smallest absolute Gasteiger partial charge is 0.261 e. The highest BCUT2D eigenvalue weighted by Gasteiger charge is 2.34. The van der Waals surface area contributed by atoms with E-state index in [0.29, 0.717) is 17.7 Å². The number of nitrogens with zero attached hydrogens (tertiary/aromatic N) is 1. The second-order valence-electron chi connectivity index (χ2n) is 6.05. The zero-order valence-electron chi connectivity index (χ0n) is 15.6. The maximum Gasteiger partial charge on any atom is 0.261 e. The second-order valence-corrected chi connectivity index (χ2v) is 6.05. The third kappa shape index (κ3) is 4.70. The van der Waals surface area contributed by atoms with Crippen molar-refractivity contribution in [2.45, 2.75) is 19.8 Å². The summed E-state index contributed by atoms with van der Waals surface area (Å²) >= 11 is 0. The lowest BCUT2D eigenvalue weighted by Crippen LogP contribution is -2.33. The zero-order chi connectivity index (χ0) is 18.9. The first-order valence-electron chi connectivity index (χ1n) is 8.87. The molecule has 5 nitrogen and oxygen atoms in total. The molecule has 0 saturated heterocycles. The van der Waals surface area contributed by atoms with Gasteiger partial charge in [0.1, 0.15) is 12.4 Å². The molecule has 1 N–H and O–H groups in total. The van der Waals surface area contributed by atoms with Crippen LogP contribution >= 0.6 is 0 Å². The van der Waals surface area contributed by atoms with Crippen LogP contribution in [0.15, 0.2) is 48.5 Å². The Bertz CT molecular complexity index is 723. The van der Waals surface area contributed by atoms with Crippen molar-refractivity contribution < 1.29 is 14.3 Å². The minimum Gasteiger partial charge on any atom is -0.492 e. The van der Waals surface area contributed by atoms with Crippen LogP contribution in [0.1, 0.15) is 39.6 Å². The number of hydrogen-bond acceptors (Lipinski definition) is 4. The van der Waals surface area contributed by atoms with Gasteiger partial charge in [0, 0.05) is 0 Å². The van der Waals surface area contributed by atoms with E-state index in [0.717, 1.165) is 18.6 Å². The molecular formula is C21H26N2O3. The van der Waals surface area contributed by atoms with E-state index in [9.17, 15) is 9.59 Å². The first-order chi connectivity index (χ1) is 12.6. The van der Waals surface area contributed by atoms with E-state index < -0.39 is 0 Å². The Kier molecular flexibility index (Phi) is 7.36. The fourth-order valence-corrected chi connectivity index (χ4v) is 2.78. The summed E-state index contributed by atoms with van der Waals surface area (Å²) in [5.74, 6) is 0.287. The summed E-state index contributed by atoms with van der Waals surface area (Å²) in [4.78, 5) is 25.7. The number of imide groups is 1. The van der Waals surface area contributed by atoms with Crippen molar-refractivity contribution in [2.75, 3.05) is 27.2 Å². The Morgan fingerprint density at radius 1 is 0.962 bits per heavy atom. The molecule has 0 aliphatic carbocycles. The highest BCUT2D eigenvalue weighted by atomic mass is 16.5. The zero-order valence-corrected chi connectivity index (χ0v) is 15.6. The van der Waals surface area contributed by atoms with Gasteiger partial charge in [0.25, 0.3) is 11.8 Å². The van der Waals surface area contributed by atoms with Crippen molar-refractivity contribution in [1.82, 2.24) is 10.2 Å². The van der Waals surface area contributed by atoms with Gasteiger partial charge in [-0.25, -0.2) is 0 Å². The Labute approximate surface area is 155 Å². The summed E-state index contributed by atoms with van der Waals surface area (Å²) in [5.41, 5.74) is 2.18. The Hall–Kier alpha value is -2.66. The van der Waals surface area contributed by atoms with Gasteiger partial charge in [-0.1, -0.05) is 37.6 Å². The van der Waals surface area contributed by atoms with Crippen LogP contribution in [-0.2, 0) is 6.42 Å². The predicted octanol–water partition coefficient (Wildman–Crippen LogP) is 3.15. The van der Waals surface area contributed by atoms with Crippen LogP contribution < -0.4 is 10.1 Å². The summed E-state index contributed by atoms with van der Waals surface area (Å²) in [6.07, 6.45) is 2.09. The SMILES string of the molecule is CCCc1cccc(OCCN2C(=O)c3ccccc3C2=O)c1.CNC.